The summed E-state index contributed by atoms with van der Waals surface area (Å²) in [6.07, 6.45) is 5.38. The van der Waals surface area contributed by atoms with Crippen molar-refractivity contribution in [3.05, 3.63) is 46.5 Å². The second kappa shape index (κ2) is 18.0. The molecule has 0 aromatic heterocycles. The van der Waals surface area contributed by atoms with Gasteiger partial charge in [-0.15, -0.1) is 0 Å². The molecule has 10 heteroatoms. The zero-order valence-corrected chi connectivity index (χ0v) is 32.9. The van der Waals surface area contributed by atoms with Crippen molar-refractivity contribution in [1.82, 2.24) is 9.80 Å². The van der Waals surface area contributed by atoms with Gasteiger partial charge >= 0.3 is 29.6 Å². The summed E-state index contributed by atoms with van der Waals surface area (Å²) in [6.45, 7) is 12.9. The van der Waals surface area contributed by atoms with Gasteiger partial charge in [-0.05, 0) is 96.4 Å². The Morgan fingerprint density at radius 2 is 1.21 bits per heavy atom. The van der Waals surface area contributed by atoms with Gasteiger partial charge in [-0.1, -0.05) is 27.7 Å². The molecule has 2 fully saturated rings. The van der Waals surface area contributed by atoms with Crippen LogP contribution in [0.3, 0.4) is 0 Å². The van der Waals surface area contributed by atoms with E-state index in [9.17, 15) is 9.90 Å². The maximum atomic E-state index is 12.6. The number of hydrogen-bond donors (Lipinski definition) is 1. The average molecular weight is 672 g/mol. The van der Waals surface area contributed by atoms with Crippen LogP contribution in [0, 0.1) is 23.7 Å². The number of aliphatic hydroxyl groups excluding tert-OH is 1. The van der Waals surface area contributed by atoms with Crippen LogP contribution in [-0.4, -0.2) is 89.8 Å². The van der Waals surface area contributed by atoms with Gasteiger partial charge in [0.2, 0.25) is 0 Å². The van der Waals surface area contributed by atoms with Crippen LogP contribution in [0.5, 0.6) is 23.0 Å². The predicted molar refractivity (Wildman–Crippen MR) is 188 cm³/mol. The number of ether oxygens (including phenoxy) is 4. The molecule has 4 aliphatic rings. The van der Waals surface area contributed by atoms with Crippen molar-refractivity contribution in [3.8, 4) is 23.0 Å². The van der Waals surface area contributed by atoms with Gasteiger partial charge in [0.05, 0.1) is 34.5 Å². The van der Waals surface area contributed by atoms with E-state index in [1.165, 1.54) is 22.3 Å². The number of Topliss-reactive ketones (excluding diaryl/α,β-unsaturated/α-hetero) is 1. The van der Waals surface area contributed by atoms with Gasteiger partial charge in [-0.3, -0.25) is 14.6 Å². The Bertz CT molecular complexity index is 1380. The van der Waals surface area contributed by atoms with Crippen molar-refractivity contribution in [3.63, 3.8) is 0 Å². The summed E-state index contributed by atoms with van der Waals surface area (Å²) < 4.78 is 21.8. The van der Waals surface area contributed by atoms with Gasteiger partial charge in [0.25, 0.3) is 0 Å². The van der Waals surface area contributed by atoms with Crippen LogP contribution in [0.15, 0.2) is 24.3 Å². The van der Waals surface area contributed by atoms with Gasteiger partial charge in [0.1, 0.15) is 5.78 Å². The van der Waals surface area contributed by atoms with Crippen molar-refractivity contribution >= 4 is 14.2 Å². The predicted octanol–water partition coefficient (Wildman–Crippen LogP) is 3.00. The molecule has 4 heterocycles. The number of benzene rings is 2. The van der Waals surface area contributed by atoms with Crippen LogP contribution in [-0.2, 0) is 17.6 Å². The number of carbonyl (C=O) groups is 1. The number of ketones is 1. The fourth-order valence-corrected chi connectivity index (χ4v) is 8.31. The number of fused-ring (bicyclic) bond motifs is 6. The van der Waals surface area contributed by atoms with E-state index in [-0.39, 0.29) is 57.5 Å². The van der Waals surface area contributed by atoms with Crippen LogP contribution >= 0.6 is 0 Å². The molecule has 3 radical (unpaired) electrons. The van der Waals surface area contributed by atoms with Crippen LogP contribution in [0.1, 0.15) is 89.1 Å². The Kier molecular flexibility index (Phi) is 15.2. The minimum atomic E-state index is -0.210. The molecule has 259 valence electrons. The van der Waals surface area contributed by atoms with Gasteiger partial charge in [-0.2, -0.15) is 0 Å². The summed E-state index contributed by atoms with van der Waals surface area (Å²) in [5.74, 6) is 5.34. The number of carbonyl (C=O) groups excluding carboxylic acids is 1. The summed E-state index contributed by atoms with van der Waals surface area (Å²) in [5, 5.41) is 10.6. The molecule has 1 N–H and O–H groups in total. The quantitative estimate of drug-likeness (QED) is 0.430. The standard InChI is InChI=1S/C19H29NO3.C19H27NO3.B.Na.H/c2*1-12(2)7-14-11-20-6-5-13-8-18(22-3)19(23-4)9-15(13)16(20)10-17(14)21;;;/h8-9,12,14,16-17,21H,5-7,10-11H2,1-4H3;8-9,12,14,16H,5-7,10-11H2,1-4H3;;;/q;;;+1;-1. The van der Waals surface area contributed by atoms with E-state index in [1.807, 2.05) is 0 Å². The Balaban J connectivity index is 0.000000321. The minimum absolute atomic E-state index is 0. The molecular weight excluding hydrogens is 614 g/mol. The van der Waals surface area contributed by atoms with Crippen molar-refractivity contribution in [2.45, 2.75) is 84.4 Å². The molecule has 0 aliphatic carbocycles. The maximum absolute atomic E-state index is 12.6. The first-order valence-electron chi connectivity index (χ1n) is 17.2. The van der Waals surface area contributed by atoms with Crippen LogP contribution in [0.4, 0.5) is 0 Å². The molecule has 5 atom stereocenters. The first kappa shape index (κ1) is 40.7. The summed E-state index contributed by atoms with van der Waals surface area (Å²) in [6, 6.07) is 8.88. The summed E-state index contributed by atoms with van der Waals surface area (Å²) in [7, 11) is 6.69. The van der Waals surface area contributed by atoms with E-state index >= 15 is 0 Å². The zero-order valence-electron chi connectivity index (χ0n) is 31.9. The molecule has 0 amide bonds. The third-order valence-electron chi connectivity index (χ3n) is 10.5. The Hall–Kier alpha value is -1.75. The minimum Gasteiger partial charge on any atom is -1.00 e. The third-order valence-corrected chi connectivity index (χ3v) is 10.5. The van der Waals surface area contributed by atoms with Gasteiger partial charge in [0.15, 0.2) is 23.0 Å². The number of piperidine rings is 2. The molecular formula is C38H57BN2NaO6. The third kappa shape index (κ3) is 8.94. The van der Waals surface area contributed by atoms with Crippen LogP contribution in [0.25, 0.3) is 0 Å². The molecule has 6 rings (SSSR count). The summed E-state index contributed by atoms with van der Waals surface area (Å²) in [4.78, 5) is 17.6. The molecule has 8 nitrogen and oxygen atoms in total. The largest absolute Gasteiger partial charge is 1.00 e. The maximum Gasteiger partial charge on any atom is 1.00 e. The molecule has 2 saturated heterocycles. The molecule has 2 aromatic rings. The van der Waals surface area contributed by atoms with Crippen LogP contribution in [0.2, 0.25) is 0 Å². The molecule has 0 saturated carbocycles. The normalized spacial score (nSPS) is 24.8. The van der Waals surface area contributed by atoms with E-state index in [0.717, 1.165) is 81.3 Å². The van der Waals surface area contributed by atoms with Gasteiger partial charge in [0, 0.05) is 59.0 Å². The molecule has 48 heavy (non-hydrogen) atoms. The number of methoxy groups -OCH3 is 4. The zero-order chi connectivity index (χ0) is 33.1. The fourth-order valence-electron chi connectivity index (χ4n) is 8.31. The van der Waals surface area contributed by atoms with Crippen molar-refractivity contribution in [2.75, 3.05) is 54.6 Å². The van der Waals surface area contributed by atoms with E-state index in [0.29, 0.717) is 36.0 Å². The van der Waals surface area contributed by atoms with Crippen molar-refractivity contribution in [1.29, 1.82) is 0 Å². The summed E-state index contributed by atoms with van der Waals surface area (Å²) >= 11 is 0. The number of aliphatic hydroxyl groups is 1. The number of nitrogens with zero attached hydrogens (tertiary/aromatic N) is 2. The number of hydrogen-bond acceptors (Lipinski definition) is 8. The molecule has 0 bridgehead atoms. The Labute approximate surface area is 314 Å². The topological polar surface area (TPSA) is 80.7 Å². The molecule has 4 aliphatic heterocycles. The van der Waals surface area contributed by atoms with E-state index in [4.69, 9.17) is 18.9 Å². The number of rotatable bonds is 8. The van der Waals surface area contributed by atoms with Crippen molar-refractivity contribution in [2.24, 2.45) is 23.7 Å². The van der Waals surface area contributed by atoms with E-state index in [1.54, 1.807) is 28.4 Å². The molecule has 5 unspecified atom stereocenters. The first-order chi connectivity index (χ1) is 22.1. The summed E-state index contributed by atoms with van der Waals surface area (Å²) in [5.41, 5.74) is 5.17. The second-order valence-corrected chi connectivity index (χ2v) is 14.5. The average Bonchev–Trinajstić information content (AvgIpc) is 3.04. The van der Waals surface area contributed by atoms with Gasteiger partial charge < -0.3 is 25.5 Å². The van der Waals surface area contributed by atoms with Crippen LogP contribution < -0.4 is 48.5 Å². The van der Waals surface area contributed by atoms with Crippen molar-refractivity contribution < 1.29 is 59.8 Å². The van der Waals surface area contributed by atoms with Gasteiger partial charge in [-0.25, -0.2) is 0 Å². The monoisotopic (exact) mass is 671 g/mol. The Morgan fingerprint density at radius 3 is 1.69 bits per heavy atom. The Morgan fingerprint density at radius 1 is 0.750 bits per heavy atom. The fraction of sp³-hybridized carbons (Fsp3) is 0.658. The van der Waals surface area contributed by atoms with E-state index in [2.05, 4.69) is 61.8 Å². The second-order valence-electron chi connectivity index (χ2n) is 14.5. The van der Waals surface area contributed by atoms with E-state index < -0.39 is 0 Å². The molecule has 2 aromatic carbocycles. The molecule has 0 spiro atoms. The smallest absolute Gasteiger partial charge is 1.00 e. The first-order valence-corrected chi connectivity index (χ1v) is 17.2. The SMILES string of the molecule is COc1cc2c(cc1OC)C1CC(=O)C(CC(C)C)CN1CC2.COc1cc2c(cc1OC)C1CC(O)C(CC(C)C)CN1CC2.[B].[H-].[Na+].